The lowest BCUT2D eigenvalue weighted by molar-refractivity contribution is -0.275. The Bertz CT molecular complexity index is 1310. The van der Waals surface area contributed by atoms with Crippen LogP contribution in [0.15, 0.2) is 30.3 Å². The van der Waals surface area contributed by atoms with E-state index in [0.29, 0.717) is 11.0 Å². The summed E-state index contributed by atoms with van der Waals surface area (Å²) in [6.45, 7) is 2.27. The van der Waals surface area contributed by atoms with Gasteiger partial charge in [-0.1, -0.05) is 13.0 Å². The third kappa shape index (κ3) is 3.72. The monoisotopic (exact) mass is 498 g/mol. The van der Waals surface area contributed by atoms with Crippen LogP contribution in [0.5, 0.6) is 5.75 Å². The summed E-state index contributed by atoms with van der Waals surface area (Å²) in [5, 5.41) is 0. The number of carbonyl (C=O) groups is 1. The number of aryl methyl sites for hydroxylation is 1. The number of esters is 1. The number of imidazole rings is 1. The fraction of sp³-hybridized carbons (Fsp3) is 0.417. The summed E-state index contributed by atoms with van der Waals surface area (Å²) in [4.78, 5) is 16.4. The van der Waals surface area contributed by atoms with Crippen molar-refractivity contribution in [3.05, 3.63) is 58.9 Å². The Balaban J connectivity index is 1.94. The molecule has 4 rings (SSSR count). The van der Waals surface area contributed by atoms with Gasteiger partial charge in [0.1, 0.15) is 11.9 Å². The number of benzene rings is 2. The topological polar surface area (TPSA) is 62.6 Å². The van der Waals surface area contributed by atoms with Crippen LogP contribution in [0.1, 0.15) is 47.6 Å². The van der Waals surface area contributed by atoms with E-state index in [4.69, 9.17) is 14.2 Å². The molecule has 1 aliphatic heterocycles. The molecule has 1 saturated heterocycles. The fourth-order valence-electron chi connectivity index (χ4n) is 4.74. The Morgan fingerprint density at radius 2 is 1.86 bits per heavy atom. The van der Waals surface area contributed by atoms with Gasteiger partial charge in [-0.3, -0.25) is 0 Å². The summed E-state index contributed by atoms with van der Waals surface area (Å²) in [6, 6.07) is 6.58. The normalized spacial score (nSPS) is 24.7. The number of hydrogen-bond donors (Lipinski definition) is 0. The van der Waals surface area contributed by atoms with Crippen LogP contribution in [0, 0.1) is 17.6 Å². The molecule has 0 amide bonds. The Labute approximate surface area is 197 Å². The Kier molecular flexibility index (Phi) is 6.03. The van der Waals surface area contributed by atoms with E-state index in [0.717, 1.165) is 20.1 Å². The van der Waals surface area contributed by atoms with Crippen LogP contribution in [-0.2, 0) is 16.5 Å². The maximum absolute atomic E-state index is 14.6. The van der Waals surface area contributed by atoms with E-state index in [1.807, 2.05) is 0 Å². The van der Waals surface area contributed by atoms with Crippen molar-refractivity contribution in [2.45, 2.75) is 37.6 Å². The first-order valence-electron chi connectivity index (χ1n) is 10.7. The molecular formula is C24H23F5N2O4. The van der Waals surface area contributed by atoms with Crippen molar-refractivity contribution in [1.82, 2.24) is 9.55 Å². The minimum atomic E-state index is -4.77. The molecule has 0 saturated carbocycles. The van der Waals surface area contributed by atoms with Gasteiger partial charge in [0.05, 0.1) is 30.8 Å². The van der Waals surface area contributed by atoms with Crippen LogP contribution >= 0.6 is 0 Å². The number of hydrogen-bond acceptors (Lipinski definition) is 5. The standard InChI is InChI=1S/C24H23F5N2O4/c1-11-17(13-7-8-14(25)18(26)19(13)33-4)20(35-23(11,2)24(27,28)29)21-30-15-9-6-12(22(32)34-5)10-16(15)31(21)3/h6-11,17,20H,1-5H3/t11-,17-,20+,23+/m0/s1. The molecule has 6 nitrogen and oxygen atoms in total. The number of ether oxygens (including phenoxy) is 3. The zero-order valence-electron chi connectivity index (χ0n) is 19.5. The number of halogens is 5. The molecule has 1 aromatic heterocycles. The van der Waals surface area contributed by atoms with Gasteiger partial charge >= 0.3 is 12.1 Å². The molecule has 2 aromatic carbocycles. The van der Waals surface area contributed by atoms with Gasteiger partial charge in [-0.25, -0.2) is 14.2 Å². The Morgan fingerprint density at radius 1 is 1.17 bits per heavy atom. The molecule has 188 valence electrons. The van der Waals surface area contributed by atoms with Crippen molar-refractivity contribution in [3.8, 4) is 5.75 Å². The average Bonchev–Trinajstić information content (AvgIpc) is 3.28. The molecule has 11 heteroatoms. The van der Waals surface area contributed by atoms with Crippen LogP contribution < -0.4 is 4.74 Å². The van der Waals surface area contributed by atoms with E-state index in [2.05, 4.69) is 4.98 Å². The maximum atomic E-state index is 14.6. The third-order valence-corrected chi connectivity index (χ3v) is 6.90. The van der Waals surface area contributed by atoms with Crippen molar-refractivity contribution in [3.63, 3.8) is 0 Å². The van der Waals surface area contributed by atoms with E-state index < -0.39 is 53.1 Å². The second-order valence-corrected chi connectivity index (χ2v) is 8.67. The summed E-state index contributed by atoms with van der Waals surface area (Å²) in [7, 11) is 3.92. The molecule has 0 bridgehead atoms. The van der Waals surface area contributed by atoms with Crippen LogP contribution in [0.25, 0.3) is 11.0 Å². The van der Waals surface area contributed by atoms with Gasteiger partial charge in [-0.05, 0) is 31.2 Å². The average molecular weight is 498 g/mol. The number of nitrogens with zero attached hydrogens (tertiary/aromatic N) is 2. The van der Waals surface area contributed by atoms with Crippen LogP contribution in [0.3, 0.4) is 0 Å². The maximum Gasteiger partial charge on any atom is 0.417 e. The molecule has 3 aromatic rings. The first-order chi connectivity index (χ1) is 16.4. The van der Waals surface area contributed by atoms with E-state index >= 15 is 0 Å². The second kappa shape index (κ2) is 8.47. The van der Waals surface area contributed by atoms with Crippen molar-refractivity contribution >= 4 is 17.0 Å². The molecular weight excluding hydrogens is 475 g/mol. The lowest BCUT2D eigenvalue weighted by Crippen LogP contribution is -2.46. The van der Waals surface area contributed by atoms with Crippen LogP contribution in [0.2, 0.25) is 0 Å². The lowest BCUT2D eigenvalue weighted by Gasteiger charge is -2.32. The zero-order valence-corrected chi connectivity index (χ0v) is 19.5. The van der Waals surface area contributed by atoms with Crippen LogP contribution in [0.4, 0.5) is 22.0 Å². The van der Waals surface area contributed by atoms with E-state index in [-0.39, 0.29) is 17.0 Å². The second-order valence-electron chi connectivity index (χ2n) is 8.67. The smallest absolute Gasteiger partial charge is 0.417 e. The molecule has 35 heavy (non-hydrogen) atoms. The minimum Gasteiger partial charge on any atom is -0.493 e. The van der Waals surface area contributed by atoms with Gasteiger partial charge in [-0.2, -0.15) is 17.6 Å². The van der Waals surface area contributed by atoms with Gasteiger partial charge in [0.2, 0.25) is 5.82 Å². The number of alkyl halides is 3. The highest BCUT2D eigenvalue weighted by Gasteiger charge is 2.65. The van der Waals surface area contributed by atoms with Crippen LogP contribution in [-0.4, -0.2) is 41.5 Å². The van der Waals surface area contributed by atoms with Gasteiger partial charge in [0.15, 0.2) is 17.2 Å². The predicted molar refractivity (Wildman–Crippen MR) is 115 cm³/mol. The van der Waals surface area contributed by atoms with Crippen molar-refractivity contribution in [2.75, 3.05) is 14.2 Å². The highest BCUT2D eigenvalue weighted by atomic mass is 19.4. The number of aromatic nitrogens is 2. The lowest BCUT2D eigenvalue weighted by atomic mass is 9.77. The molecule has 0 aliphatic carbocycles. The molecule has 0 spiro atoms. The summed E-state index contributed by atoms with van der Waals surface area (Å²) >= 11 is 0. The largest absolute Gasteiger partial charge is 0.493 e. The zero-order chi connectivity index (χ0) is 25.9. The summed E-state index contributed by atoms with van der Waals surface area (Å²) < 4.78 is 88.1. The summed E-state index contributed by atoms with van der Waals surface area (Å²) in [6.07, 6.45) is -6.07. The van der Waals surface area contributed by atoms with Crippen molar-refractivity contribution < 1.29 is 41.0 Å². The van der Waals surface area contributed by atoms with Gasteiger partial charge in [0.25, 0.3) is 0 Å². The molecule has 4 atom stereocenters. The fourth-order valence-corrected chi connectivity index (χ4v) is 4.74. The quantitative estimate of drug-likeness (QED) is 0.353. The molecule has 1 aliphatic rings. The predicted octanol–water partition coefficient (Wildman–Crippen LogP) is 5.46. The van der Waals surface area contributed by atoms with Gasteiger partial charge in [-0.15, -0.1) is 0 Å². The van der Waals surface area contributed by atoms with E-state index in [1.54, 1.807) is 13.1 Å². The SMILES string of the molecule is COC(=O)c1ccc2nc([C@@H]3O[C@@](C)(C(F)(F)F)[C@@H](C)[C@H]3c3ccc(F)c(F)c3OC)n(C)c2c1. The number of fused-ring (bicyclic) bond motifs is 1. The molecule has 0 N–H and O–H groups in total. The molecule has 2 heterocycles. The van der Waals surface area contributed by atoms with E-state index in [1.165, 1.54) is 36.8 Å². The minimum absolute atomic E-state index is 0.0270. The third-order valence-electron chi connectivity index (χ3n) is 6.90. The molecule has 0 unspecified atom stereocenters. The summed E-state index contributed by atoms with van der Waals surface area (Å²) in [5.41, 5.74) is -1.50. The number of methoxy groups -OCH3 is 2. The van der Waals surface area contributed by atoms with Crippen molar-refractivity contribution in [1.29, 1.82) is 0 Å². The number of carbonyl (C=O) groups excluding carboxylic acids is 1. The Hall–Kier alpha value is -3.21. The molecule has 0 radical (unpaired) electrons. The first-order valence-corrected chi connectivity index (χ1v) is 10.7. The summed E-state index contributed by atoms with van der Waals surface area (Å²) in [5.74, 6) is -5.77. The van der Waals surface area contributed by atoms with Gasteiger partial charge in [0, 0.05) is 24.4 Å². The first kappa shape index (κ1) is 24.9. The number of rotatable bonds is 4. The highest BCUT2D eigenvalue weighted by Crippen LogP contribution is 2.59. The van der Waals surface area contributed by atoms with E-state index in [9.17, 15) is 26.7 Å². The van der Waals surface area contributed by atoms with Gasteiger partial charge < -0.3 is 18.8 Å². The Morgan fingerprint density at radius 3 is 2.46 bits per heavy atom. The highest BCUT2D eigenvalue weighted by molar-refractivity contribution is 5.93. The molecule has 1 fully saturated rings. The van der Waals surface area contributed by atoms with Crippen molar-refractivity contribution in [2.24, 2.45) is 13.0 Å².